The van der Waals surface area contributed by atoms with Crippen LogP contribution in [0.3, 0.4) is 0 Å². The highest BCUT2D eigenvalue weighted by atomic mass is 31.2. The molecule has 0 bridgehead atoms. The standard InChI is InChI=1S/C14H19N3O9.H4NO3P/c1-6-3-17(14(25)15-12(6)23)8-2-7(18)11(26-8)13(24)16(4-9(19)20)5-10(21)22;1-5(2,3)4/h3,7-8,11,13,18,24H,2,4-5H2,1H3,(H,19,20)(H,21,22)(H,15,23,25);(H4,1,2,3,4)/t7-,8+,11-,13?;/m0./s1. The van der Waals surface area contributed by atoms with Gasteiger partial charge < -0.3 is 34.9 Å². The molecule has 1 aliphatic rings. The zero-order valence-electron chi connectivity index (χ0n) is 16.1. The first kappa shape index (κ1) is 26.6. The number of hydrogen-bond acceptors (Lipinski definition) is 9. The Kier molecular flexibility index (Phi) is 9.22. The number of nitrogens with one attached hydrogen (secondary N) is 1. The van der Waals surface area contributed by atoms with Gasteiger partial charge in [0.05, 0.1) is 19.2 Å². The summed E-state index contributed by atoms with van der Waals surface area (Å²) in [7, 11) is -4.14. The van der Waals surface area contributed by atoms with Gasteiger partial charge in [0.25, 0.3) is 5.56 Å². The van der Waals surface area contributed by atoms with E-state index in [1.807, 2.05) is 0 Å². The molecule has 1 saturated heterocycles. The van der Waals surface area contributed by atoms with Crippen molar-refractivity contribution in [1.29, 1.82) is 0 Å². The highest BCUT2D eigenvalue weighted by Gasteiger charge is 2.42. The summed E-state index contributed by atoms with van der Waals surface area (Å²) in [5.41, 5.74) is 2.90. The van der Waals surface area contributed by atoms with Crippen LogP contribution in [-0.4, -0.2) is 88.1 Å². The maximum atomic E-state index is 11.9. The van der Waals surface area contributed by atoms with Crippen molar-refractivity contribution in [2.24, 2.45) is 5.50 Å². The predicted molar refractivity (Wildman–Crippen MR) is 99.7 cm³/mol. The lowest BCUT2D eigenvalue weighted by atomic mass is 10.1. The maximum Gasteiger partial charge on any atom is 0.397 e. The molecule has 4 atom stereocenters. The van der Waals surface area contributed by atoms with E-state index in [1.165, 1.54) is 13.1 Å². The van der Waals surface area contributed by atoms with Crippen LogP contribution in [0.1, 0.15) is 18.2 Å². The second kappa shape index (κ2) is 10.7. The van der Waals surface area contributed by atoms with Crippen molar-refractivity contribution in [1.82, 2.24) is 14.5 Å². The number of aliphatic hydroxyl groups excluding tert-OH is 2. The van der Waals surface area contributed by atoms with Crippen molar-refractivity contribution < 1.29 is 49.1 Å². The molecule has 1 aromatic heterocycles. The van der Waals surface area contributed by atoms with Gasteiger partial charge in [0.1, 0.15) is 18.6 Å². The van der Waals surface area contributed by atoms with Gasteiger partial charge in [0.2, 0.25) is 0 Å². The monoisotopic (exact) mass is 470 g/mol. The Morgan fingerprint density at radius 1 is 1.32 bits per heavy atom. The first-order chi connectivity index (χ1) is 14.1. The van der Waals surface area contributed by atoms with E-state index in [0.717, 1.165) is 4.57 Å². The lowest BCUT2D eigenvalue weighted by molar-refractivity contribution is -0.163. The molecule has 0 saturated carbocycles. The van der Waals surface area contributed by atoms with Crippen LogP contribution >= 0.6 is 7.75 Å². The molecule has 2 rings (SSSR count). The molecule has 1 fully saturated rings. The molecule has 0 aliphatic carbocycles. The zero-order valence-corrected chi connectivity index (χ0v) is 17.0. The Balaban J connectivity index is 0.000000861. The molecule has 2 heterocycles. The lowest BCUT2D eigenvalue weighted by Gasteiger charge is -2.30. The fourth-order valence-corrected chi connectivity index (χ4v) is 2.71. The van der Waals surface area contributed by atoms with E-state index in [-0.39, 0.29) is 12.0 Å². The number of aliphatic hydroxyl groups is 2. The van der Waals surface area contributed by atoms with E-state index >= 15 is 0 Å². The van der Waals surface area contributed by atoms with Crippen LogP contribution in [0.15, 0.2) is 15.8 Å². The number of carboxylic acids is 2. The predicted octanol–water partition coefficient (Wildman–Crippen LogP) is -3.68. The van der Waals surface area contributed by atoms with Crippen molar-refractivity contribution in [3.8, 4) is 0 Å². The first-order valence-corrected chi connectivity index (χ1v) is 10.1. The van der Waals surface area contributed by atoms with Gasteiger partial charge in [-0.3, -0.25) is 28.8 Å². The topological polar surface area (TPSA) is 266 Å². The number of carbonyl (C=O) groups is 2. The zero-order chi connectivity index (χ0) is 24.1. The average Bonchev–Trinajstić information content (AvgIpc) is 2.96. The molecule has 0 radical (unpaired) electrons. The van der Waals surface area contributed by atoms with Crippen molar-refractivity contribution in [3.63, 3.8) is 0 Å². The Labute approximate surface area is 173 Å². The fourth-order valence-electron chi connectivity index (χ4n) is 2.71. The van der Waals surface area contributed by atoms with Gasteiger partial charge >= 0.3 is 25.4 Å². The van der Waals surface area contributed by atoms with E-state index in [9.17, 15) is 29.4 Å². The highest BCUT2D eigenvalue weighted by Crippen LogP contribution is 2.30. The van der Waals surface area contributed by atoms with Gasteiger partial charge in [-0.25, -0.2) is 14.9 Å². The maximum absolute atomic E-state index is 11.9. The van der Waals surface area contributed by atoms with Crippen molar-refractivity contribution in [2.75, 3.05) is 13.1 Å². The molecule has 0 aromatic carbocycles. The Hall–Kier alpha value is -2.43. The average molecular weight is 470 g/mol. The molecule has 17 heteroatoms. The van der Waals surface area contributed by atoms with Gasteiger partial charge in [-0.15, -0.1) is 0 Å². The number of aryl methyl sites for hydroxylation is 1. The smallest absolute Gasteiger partial charge is 0.397 e. The van der Waals surface area contributed by atoms with Crippen LogP contribution in [0.5, 0.6) is 0 Å². The summed E-state index contributed by atoms with van der Waals surface area (Å²) < 4.78 is 15.6. The number of aromatic amines is 1. The minimum atomic E-state index is -4.14. The molecule has 1 aliphatic heterocycles. The van der Waals surface area contributed by atoms with Crippen molar-refractivity contribution in [2.45, 2.75) is 38.0 Å². The highest BCUT2D eigenvalue weighted by molar-refractivity contribution is 7.49. The van der Waals surface area contributed by atoms with E-state index in [0.29, 0.717) is 4.90 Å². The van der Waals surface area contributed by atoms with Crippen LogP contribution in [0.25, 0.3) is 0 Å². The van der Waals surface area contributed by atoms with Gasteiger partial charge in [-0.1, -0.05) is 0 Å². The summed E-state index contributed by atoms with van der Waals surface area (Å²) in [5, 5.41) is 38.1. The summed E-state index contributed by atoms with van der Waals surface area (Å²) in [5.74, 6) is -2.75. The van der Waals surface area contributed by atoms with Gasteiger partial charge in [0, 0.05) is 18.2 Å². The summed E-state index contributed by atoms with van der Waals surface area (Å²) in [6, 6.07) is 0. The van der Waals surface area contributed by atoms with Crippen LogP contribution in [0, 0.1) is 6.92 Å². The van der Waals surface area contributed by atoms with Crippen LogP contribution in [0.2, 0.25) is 0 Å². The largest absolute Gasteiger partial charge is 0.480 e. The van der Waals surface area contributed by atoms with E-state index in [1.54, 1.807) is 0 Å². The number of hydrogen-bond donors (Lipinski definition) is 8. The second-order valence-electron chi connectivity index (χ2n) is 6.53. The molecule has 16 nitrogen and oxygen atoms in total. The third-order valence-corrected chi connectivity index (χ3v) is 3.94. The number of ether oxygens (including phenoxy) is 1. The molecule has 9 N–H and O–H groups in total. The Morgan fingerprint density at radius 3 is 2.26 bits per heavy atom. The third-order valence-electron chi connectivity index (χ3n) is 3.94. The SMILES string of the molecule is Cc1cn([C@H]2C[C@H](O)[C@@H](C(O)N(CC(=O)O)CC(=O)O)O2)c(=O)[nH]c1=O.NP(=O)(O)O. The van der Waals surface area contributed by atoms with Gasteiger partial charge in [-0.2, -0.15) is 0 Å². The molecule has 1 unspecified atom stereocenters. The summed E-state index contributed by atoms with van der Waals surface area (Å²) in [4.78, 5) is 62.7. The number of H-pyrrole nitrogens is 1. The molecular weight excluding hydrogens is 447 g/mol. The van der Waals surface area contributed by atoms with Crippen LogP contribution < -0.4 is 16.8 Å². The van der Waals surface area contributed by atoms with E-state index < -0.39 is 68.7 Å². The molecule has 0 spiro atoms. The number of carboxylic acid groups (broad SMARTS) is 2. The van der Waals surface area contributed by atoms with Crippen LogP contribution in [-0.2, 0) is 18.9 Å². The molecule has 31 heavy (non-hydrogen) atoms. The fraction of sp³-hybridized carbons (Fsp3) is 0.571. The number of aromatic nitrogens is 2. The Bertz CT molecular complexity index is 931. The number of aliphatic carboxylic acids is 2. The van der Waals surface area contributed by atoms with Crippen molar-refractivity contribution in [3.05, 3.63) is 32.6 Å². The summed E-state index contributed by atoms with van der Waals surface area (Å²) in [6.45, 7) is -0.112. The van der Waals surface area contributed by atoms with Gasteiger partial charge in [0.15, 0.2) is 0 Å². The minimum Gasteiger partial charge on any atom is -0.480 e. The minimum absolute atomic E-state index is 0.124. The summed E-state index contributed by atoms with van der Waals surface area (Å²) in [6.07, 6.45) is -4.29. The number of nitrogens with two attached hydrogens (primary N) is 1. The van der Waals surface area contributed by atoms with E-state index in [4.69, 9.17) is 29.3 Å². The summed E-state index contributed by atoms with van der Waals surface area (Å²) >= 11 is 0. The molecule has 1 aromatic rings. The van der Waals surface area contributed by atoms with Crippen LogP contribution in [0.4, 0.5) is 0 Å². The first-order valence-electron chi connectivity index (χ1n) is 8.45. The lowest BCUT2D eigenvalue weighted by Crippen LogP contribution is -2.51. The normalized spacial score (nSPS) is 22.0. The second-order valence-corrected chi connectivity index (χ2v) is 7.71. The Morgan fingerprint density at radius 2 is 1.81 bits per heavy atom. The molecular formula is C14H23N4O12P. The van der Waals surface area contributed by atoms with E-state index in [2.05, 4.69) is 10.5 Å². The van der Waals surface area contributed by atoms with Crippen molar-refractivity contribution >= 4 is 19.7 Å². The molecule has 0 amide bonds. The van der Waals surface area contributed by atoms with Gasteiger partial charge in [-0.05, 0) is 6.92 Å². The quantitative estimate of drug-likeness (QED) is 0.141. The number of rotatable bonds is 7. The molecule has 176 valence electrons. The third kappa shape index (κ3) is 8.68. The number of nitrogens with zero attached hydrogens (tertiary/aromatic N) is 2.